The van der Waals surface area contributed by atoms with Crippen LogP contribution in [0.1, 0.15) is 22.6 Å². The second kappa shape index (κ2) is 9.66. The van der Waals surface area contributed by atoms with E-state index in [-0.39, 0.29) is 0 Å². The summed E-state index contributed by atoms with van der Waals surface area (Å²) in [6, 6.07) is 16.1. The zero-order chi connectivity index (χ0) is 21.6. The highest BCUT2D eigenvalue weighted by atomic mass is 32.2. The van der Waals surface area contributed by atoms with Gasteiger partial charge in [-0.05, 0) is 43.7 Å². The molecule has 0 aliphatic heterocycles. The SMILES string of the molecule is C=CCn1c(COc2cccc(C)c2)nnc1SCc1coc(-c2ccc(C)cc2)n1. The van der Waals surface area contributed by atoms with Gasteiger partial charge >= 0.3 is 0 Å². The van der Waals surface area contributed by atoms with Gasteiger partial charge in [-0.3, -0.25) is 4.57 Å². The van der Waals surface area contributed by atoms with Gasteiger partial charge in [0, 0.05) is 17.9 Å². The molecule has 0 N–H and O–H groups in total. The van der Waals surface area contributed by atoms with E-state index in [1.165, 1.54) is 5.56 Å². The highest BCUT2D eigenvalue weighted by molar-refractivity contribution is 7.98. The number of hydrogen-bond donors (Lipinski definition) is 0. The molecule has 0 radical (unpaired) electrons. The third-order valence-electron chi connectivity index (χ3n) is 4.66. The minimum Gasteiger partial charge on any atom is -0.486 e. The Labute approximate surface area is 186 Å². The number of aryl methyl sites for hydroxylation is 2. The lowest BCUT2D eigenvalue weighted by Crippen LogP contribution is -2.07. The van der Waals surface area contributed by atoms with Gasteiger partial charge in [0.2, 0.25) is 5.89 Å². The van der Waals surface area contributed by atoms with Crippen molar-refractivity contribution in [3.8, 4) is 17.2 Å². The largest absolute Gasteiger partial charge is 0.486 e. The first-order chi connectivity index (χ1) is 15.1. The number of allylic oxidation sites excluding steroid dienone is 1. The molecule has 0 unspecified atom stereocenters. The fourth-order valence-electron chi connectivity index (χ4n) is 3.04. The lowest BCUT2D eigenvalue weighted by Gasteiger charge is -2.09. The van der Waals surface area contributed by atoms with Crippen LogP contribution < -0.4 is 4.74 Å². The topological polar surface area (TPSA) is 66.0 Å². The normalized spacial score (nSPS) is 10.9. The first-order valence-corrected chi connectivity index (χ1v) is 11.0. The number of benzene rings is 2. The maximum Gasteiger partial charge on any atom is 0.226 e. The van der Waals surface area contributed by atoms with Crippen molar-refractivity contribution >= 4 is 11.8 Å². The van der Waals surface area contributed by atoms with Gasteiger partial charge in [-0.25, -0.2) is 4.98 Å². The van der Waals surface area contributed by atoms with Crippen molar-refractivity contribution in [1.29, 1.82) is 0 Å². The summed E-state index contributed by atoms with van der Waals surface area (Å²) in [4.78, 5) is 4.60. The van der Waals surface area contributed by atoms with Gasteiger partial charge in [0.05, 0.1) is 5.69 Å². The minimum atomic E-state index is 0.340. The second-order valence-corrected chi connectivity index (χ2v) is 8.14. The Kier molecular flexibility index (Phi) is 6.52. The quantitative estimate of drug-likeness (QED) is 0.253. The second-order valence-electron chi connectivity index (χ2n) is 7.20. The molecule has 0 fully saturated rings. The van der Waals surface area contributed by atoms with Crippen LogP contribution in [0.5, 0.6) is 5.75 Å². The van der Waals surface area contributed by atoms with Crippen molar-refractivity contribution in [2.45, 2.75) is 37.9 Å². The monoisotopic (exact) mass is 432 g/mol. The Morgan fingerprint density at radius 3 is 2.71 bits per heavy atom. The van der Waals surface area contributed by atoms with Crippen LogP contribution in [0.2, 0.25) is 0 Å². The third-order valence-corrected chi connectivity index (χ3v) is 5.66. The molecule has 0 saturated carbocycles. The smallest absolute Gasteiger partial charge is 0.226 e. The molecule has 2 aromatic heterocycles. The number of rotatable bonds is 9. The van der Waals surface area contributed by atoms with E-state index >= 15 is 0 Å². The highest BCUT2D eigenvalue weighted by Crippen LogP contribution is 2.25. The summed E-state index contributed by atoms with van der Waals surface area (Å²) in [6.45, 7) is 8.90. The van der Waals surface area contributed by atoms with Crippen LogP contribution in [0.25, 0.3) is 11.5 Å². The Morgan fingerprint density at radius 1 is 1.10 bits per heavy atom. The molecule has 31 heavy (non-hydrogen) atoms. The van der Waals surface area contributed by atoms with E-state index in [1.54, 1.807) is 18.0 Å². The van der Waals surface area contributed by atoms with E-state index in [0.717, 1.165) is 33.6 Å². The number of hydrogen-bond acceptors (Lipinski definition) is 6. The standard InChI is InChI=1S/C24H24N4O2S/c1-4-12-28-22(15-29-21-7-5-6-18(3)13-21)26-27-24(28)31-16-20-14-30-23(25-20)19-10-8-17(2)9-11-19/h4-11,13-14H,1,12,15-16H2,2-3H3. The summed E-state index contributed by atoms with van der Waals surface area (Å²) >= 11 is 1.56. The summed E-state index contributed by atoms with van der Waals surface area (Å²) < 4.78 is 13.6. The van der Waals surface area contributed by atoms with Crippen LogP contribution in [0, 0.1) is 13.8 Å². The zero-order valence-corrected chi connectivity index (χ0v) is 18.4. The van der Waals surface area contributed by atoms with Crippen molar-refractivity contribution in [1.82, 2.24) is 19.7 Å². The highest BCUT2D eigenvalue weighted by Gasteiger charge is 2.14. The van der Waals surface area contributed by atoms with Crippen LogP contribution >= 0.6 is 11.8 Å². The molecular formula is C24H24N4O2S. The van der Waals surface area contributed by atoms with Crippen LogP contribution in [0.3, 0.4) is 0 Å². The van der Waals surface area contributed by atoms with Crippen LogP contribution in [-0.4, -0.2) is 19.7 Å². The molecule has 0 amide bonds. The number of oxazole rings is 1. The Balaban J connectivity index is 1.42. The summed E-state index contributed by atoms with van der Waals surface area (Å²) in [5.74, 6) is 2.82. The molecule has 0 saturated heterocycles. The molecule has 7 heteroatoms. The molecule has 2 aromatic carbocycles. The van der Waals surface area contributed by atoms with Crippen molar-refractivity contribution in [2.75, 3.05) is 0 Å². The lowest BCUT2D eigenvalue weighted by atomic mass is 10.1. The summed E-state index contributed by atoms with van der Waals surface area (Å²) in [7, 11) is 0. The Morgan fingerprint density at radius 2 is 1.94 bits per heavy atom. The minimum absolute atomic E-state index is 0.340. The first kappa shape index (κ1) is 20.9. The van der Waals surface area contributed by atoms with Crippen molar-refractivity contribution in [3.05, 3.63) is 90.1 Å². The maximum atomic E-state index is 5.90. The average Bonchev–Trinajstić information content (AvgIpc) is 3.39. The average molecular weight is 433 g/mol. The van der Waals surface area contributed by atoms with Gasteiger partial charge in [-0.1, -0.05) is 47.7 Å². The van der Waals surface area contributed by atoms with Gasteiger partial charge in [0.25, 0.3) is 0 Å². The van der Waals surface area contributed by atoms with Gasteiger partial charge in [-0.2, -0.15) is 0 Å². The van der Waals surface area contributed by atoms with Gasteiger partial charge in [0.15, 0.2) is 11.0 Å². The molecule has 4 rings (SSSR count). The molecule has 0 atom stereocenters. The first-order valence-electron chi connectivity index (χ1n) is 9.99. The molecule has 0 spiro atoms. The Hall–Kier alpha value is -3.32. The molecule has 0 bridgehead atoms. The predicted octanol–water partition coefficient (Wildman–Crippen LogP) is 5.61. The molecular weight excluding hydrogens is 408 g/mol. The van der Waals surface area contributed by atoms with E-state index in [9.17, 15) is 0 Å². The van der Waals surface area contributed by atoms with E-state index < -0.39 is 0 Å². The summed E-state index contributed by atoms with van der Waals surface area (Å²) in [5.41, 5.74) is 4.17. The third kappa shape index (κ3) is 5.24. The summed E-state index contributed by atoms with van der Waals surface area (Å²) in [6.07, 6.45) is 3.52. The Bertz CT molecular complexity index is 1160. The van der Waals surface area contributed by atoms with Gasteiger partial charge < -0.3 is 9.15 Å². The van der Waals surface area contributed by atoms with Crippen LogP contribution in [-0.2, 0) is 18.9 Å². The number of thioether (sulfide) groups is 1. The molecule has 0 aliphatic carbocycles. The maximum absolute atomic E-state index is 5.90. The number of ether oxygens (including phenoxy) is 1. The van der Waals surface area contributed by atoms with Crippen LogP contribution in [0.15, 0.2) is 77.0 Å². The van der Waals surface area contributed by atoms with Crippen LogP contribution in [0.4, 0.5) is 0 Å². The molecule has 0 aliphatic rings. The fourth-order valence-corrected chi connectivity index (χ4v) is 3.88. The van der Waals surface area contributed by atoms with E-state index in [4.69, 9.17) is 9.15 Å². The van der Waals surface area contributed by atoms with Crippen molar-refractivity contribution in [3.63, 3.8) is 0 Å². The fraction of sp³-hybridized carbons (Fsp3) is 0.208. The van der Waals surface area contributed by atoms with Crippen molar-refractivity contribution < 1.29 is 9.15 Å². The van der Waals surface area contributed by atoms with Crippen molar-refractivity contribution in [2.24, 2.45) is 0 Å². The number of nitrogens with zero attached hydrogens (tertiary/aromatic N) is 4. The molecule has 6 nitrogen and oxygen atoms in total. The molecule has 2 heterocycles. The van der Waals surface area contributed by atoms with Gasteiger partial charge in [0.1, 0.15) is 18.6 Å². The molecule has 158 valence electrons. The number of aromatic nitrogens is 4. The molecule has 4 aromatic rings. The zero-order valence-electron chi connectivity index (χ0n) is 17.6. The predicted molar refractivity (Wildman–Crippen MR) is 122 cm³/mol. The van der Waals surface area contributed by atoms with E-state index in [0.29, 0.717) is 24.8 Å². The summed E-state index contributed by atoms with van der Waals surface area (Å²) in [5, 5.41) is 9.46. The van der Waals surface area contributed by atoms with E-state index in [1.807, 2.05) is 66.1 Å². The van der Waals surface area contributed by atoms with Gasteiger partial charge in [-0.15, -0.1) is 16.8 Å². The van der Waals surface area contributed by atoms with E-state index in [2.05, 4.69) is 28.7 Å². The lowest BCUT2D eigenvalue weighted by molar-refractivity contribution is 0.289.